The zero-order valence-electron chi connectivity index (χ0n) is 15.3. The Balaban J connectivity index is 1.50. The van der Waals surface area contributed by atoms with E-state index in [1.165, 1.54) is 4.90 Å². The maximum absolute atomic E-state index is 13.9. The second-order valence-electron chi connectivity index (χ2n) is 7.16. The molecule has 0 N–H and O–H groups in total. The van der Waals surface area contributed by atoms with Gasteiger partial charge < -0.3 is 14.4 Å². The summed E-state index contributed by atoms with van der Waals surface area (Å²) in [6.45, 7) is 0.643. The maximum atomic E-state index is 13.9. The van der Waals surface area contributed by atoms with E-state index >= 15 is 0 Å². The lowest BCUT2D eigenvalue weighted by Gasteiger charge is -2.44. The number of piperidine rings is 1. The average molecular weight is 387 g/mol. The first-order valence-corrected chi connectivity index (χ1v) is 9.05. The number of ketones is 1. The van der Waals surface area contributed by atoms with E-state index in [0.29, 0.717) is 49.1 Å². The van der Waals surface area contributed by atoms with Crippen LogP contribution in [0.3, 0.4) is 0 Å². The topological polar surface area (TPSA) is 55.8 Å². The number of benzene rings is 2. The molecule has 146 valence electrons. The van der Waals surface area contributed by atoms with Crippen molar-refractivity contribution in [3.8, 4) is 11.5 Å². The number of hydrogen-bond donors (Lipinski definition) is 0. The molecule has 1 saturated heterocycles. The van der Waals surface area contributed by atoms with Gasteiger partial charge >= 0.3 is 0 Å². The standard InChI is InChI=1S/C21H19F2NO4/c1-27-14-3-5-16-18(25)12-21(28-19(16)11-14)6-8-24(9-7-21)20(26)15-4-2-13(22)10-17(15)23/h2-5,10-11H,6-9,12H2,1H3. The number of ether oxygens (including phenoxy) is 2. The Kier molecular flexibility index (Phi) is 4.53. The summed E-state index contributed by atoms with van der Waals surface area (Å²) < 4.78 is 38.4. The minimum absolute atomic E-state index is 0.00624. The first-order chi connectivity index (χ1) is 13.4. The van der Waals surface area contributed by atoms with Crippen LogP contribution in [0, 0.1) is 11.6 Å². The van der Waals surface area contributed by atoms with Crippen molar-refractivity contribution >= 4 is 11.7 Å². The zero-order valence-corrected chi connectivity index (χ0v) is 15.3. The van der Waals surface area contributed by atoms with Crippen LogP contribution in [-0.2, 0) is 0 Å². The van der Waals surface area contributed by atoms with Crippen molar-refractivity contribution in [2.45, 2.75) is 24.9 Å². The molecule has 7 heteroatoms. The van der Waals surface area contributed by atoms with Gasteiger partial charge in [0.2, 0.25) is 0 Å². The van der Waals surface area contributed by atoms with E-state index < -0.39 is 23.1 Å². The summed E-state index contributed by atoms with van der Waals surface area (Å²) in [5.74, 6) is -1.02. The summed E-state index contributed by atoms with van der Waals surface area (Å²) in [4.78, 5) is 26.7. The third kappa shape index (κ3) is 3.21. The fourth-order valence-corrected chi connectivity index (χ4v) is 3.83. The third-order valence-corrected chi connectivity index (χ3v) is 5.42. The number of methoxy groups -OCH3 is 1. The van der Waals surface area contributed by atoms with Crippen LogP contribution in [0.15, 0.2) is 36.4 Å². The van der Waals surface area contributed by atoms with Gasteiger partial charge in [0.1, 0.15) is 28.7 Å². The van der Waals surface area contributed by atoms with Crippen LogP contribution in [0.25, 0.3) is 0 Å². The molecule has 0 radical (unpaired) electrons. The Morgan fingerprint density at radius 1 is 1.14 bits per heavy atom. The molecule has 2 heterocycles. The van der Waals surface area contributed by atoms with Crippen LogP contribution >= 0.6 is 0 Å². The number of carbonyl (C=O) groups is 2. The third-order valence-electron chi connectivity index (χ3n) is 5.42. The summed E-state index contributed by atoms with van der Waals surface area (Å²) in [6, 6.07) is 8.02. The molecule has 2 aliphatic heterocycles. The minimum atomic E-state index is -0.879. The van der Waals surface area contributed by atoms with Gasteiger partial charge in [0, 0.05) is 38.1 Å². The summed E-state index contributed by atoms with van der Waals surface area (Å²) in [5, 5.41) is 0. The number of nitrogens with zero attached hydrogens (tertiary/aromatic N) is 1. The number of rotatable bonds is 2. The van der Waals surface area contributed by atoms with E-state index in [-0.39, 0.29) is 17.8 Å². The second-order valence-corrected chi connectivity index (χ2v) is 7.16. The van der Waals surface area contributed by atoms with Gasteiger partial charge in [-0.15, -0.1) is 0 Å². The fraction of sp³-hybridized carbons (Fsp3) is 0.333. The Labute approximate surface area is 160 Å². The molecule has 0 aliphatic carbocycles. The van der Waals surface area contributed by atoms with E-state index in [1.807, 2.05) is 0 Å². The minimum Gasteiger partial charge on any atom is -0.497 e. The predicted octanol–water partition coefficient (Wildman–Crippen LogP) is 3.61. The van der Waals surface area contributed by atoms with E-state index in [2.05, 4.69) is 0 Å². The number of hydrogen-bond acceptors (Lipinski definition) is 4. The van der Waals surface area contributed by atoms with Gasteiger partial charge in [0.05, 0.1) is 24.7 Å². The number of carbonyl (C=O) groups excluding carboxylic acids is 2. The molecule has 5 nitrogen and oxygen atoms in total. The van der Waals surface area contributed by atoms with Gasteiger partial charge in [0.15, 0.2) is 5.78 Å². The lowest BCUT2D eigenvalue weighted by Crippen LogP contribution is -2.52. The van der Waals surface area contributed by atoms with E-state index in [1.54, 1.807) is 25.3 Å². The molecule has 4 rings (SSSR count). The average Bonchev–Trinajstić information content (AvgIpc) is 2.67. The van der Waals surface area contributed by atoms with E-state index in [9.17, 15) is 18.4 Å². The molecule has 0 unspecified atom stereocenters. The highest BCUT2D eigenvalue weighted by Crippen LogP contribution is 2.41. The SMILES string of the molecule is COc1ccc2c(c1)OC1(CCN(C(=O)c3ccc(F)cc3F)CC1)CC2=O. The normalized spacial score (nSPS) is 17.8. The molecule has 2 aromatic carbocycles. The number of fused-ring (bicyclic) bond motifs is 1. The first kappa shape index (κ1) is 18.4. The van der Waals surface area contributed by atoms with Gasteiger partial charge in [-0.25, -0.2) is 8.78 Å². The maximum Gasteiger partial charge on any atom is 0.256 e. The van der Waals surface area contributed by atoms with Gasteiger partial charge in [-0.05, 0) is 24.3 Å². The monoisotopic (exact) mass is 387 g/mol. The Bertz CT molecular complexity index is 951. The van der Waals surface area contributed by atoms with Crippen molar-refractivity contribution in [2.75, 3.05) is 20.2 Å². The van der Waals surface area contributed by atoms with Gasteiger partial charge in [-0.3, -0.25) is 9.59 Å². The highest BCUT2D eigenvalue weighted by molar-refractivity contribution is 6.00. The summed E-state index contributed by atoms with van der Waals surface area (Å²) >= 11 is 0. The largest absolute Gasteiger partial charge is 0.497 e. The van der Waals surface area contributed by atoms with Crippen LogP contribution in [0.5, 0.6) is 11.5 Å². The van der Waals surface area contributed by atoms with E-state index in [4.69, 9.17) is 9.47 Å². The van der Waals surface area contributed by atoms with Crippen molar-refractivity contribution in [1.29, 1.82) is 0 Å². The lowest BCUT2D eigenvalue weighted by molar-refractivity contribution is -0.00589. The summed E-state index contributed by atoms with van der Waals surface area (Å²) in [5.41, 5.74) is -0.319. The van der Waals surface area contributed by atoms with Crippen LogP contribution in [0.1, 0.15) is 40.0 Å². The van der Waals surface area contributed by atoms with Crippen molar-refractivity contribution in [1.82, 2.24) is 4.90 Å². The molecule has 0 atom stereocenters. The first-order valence-electron chi connectivity index (χ1n) is 9.05. The van der Waals surface area contributed by atoms with Crippen molar-refractivity contribution in [3.63, 3.8) is 0 Å². The van der Waals surface area contributed by atoms with Gasteiger partial charge in [-0.2, -0.15) is 0 Å². The number of amides is 1. The van der Waals surface area contributed by atoms with Crippen LogP contribution in [-0.4, -0.2) is 42.4 Å². The van der Waals surface area contributed by atoms with Crippen molar-refractivity contribution in [2.24, 2.45) is 0 Å². The van der Waals surface area contributed by atoms with E-state index in [0.717, 1.165) is 12.1 Å². The highest BCUT2D eigenvalue weighted by Gasteiger charge is 2.44. The molecule has 1 spiro atoms. The molecule has 2 aromatic rings. The predicted molar refractivity (Wildman–Crippen MR) is 96.8 cm³/mol. The van der Waals surface area contributed by atoms with Crippen molar-refractivity contribution < 1.29 is 27.8 Å². The molecule has 0 aromatic heterocycles. The van der Waals surface area contributed by atoms with Crippen LogP contribution < -0.4 is 9.47 Å². The number of Topliss-reactive ketones (excluding diaryl/α,β-unsaturated/α-hetero) is 1. The number of likely N-dealkylation sites (tertiary alicyclic amines) is 1. The highest BCUT2D eigenvalue weighted by atomic mass is 19.1. The second kappa shape index (κ2) is 6.89. The summed E-state index contributed by atoms with van der Waals surface area (Å²) in [7, 11) is 1.54. The smallest absolute Gasteiger partial charge is 0.256 e. The van der Waals surface area contributed by atoms with Gasteiger partial charge in [0.25, 0.3) is 5.91 Å². The zero-order chi connectivity index (χ0) is 19.9. The molecular formula is C21H19F2NO4. The molecule has 28 heavy (non-hydrogen) atoms. The molecule has 0 bridgehead atoms. The van der Waals surface area contributed by atoms with Crippen LogP contribution in [0.2, 0.25) is 0 Å². The molecule has 1 amide bonds. The molecule has 0 saturated carbocycles. The molecule has 2 aliphatic rings. The Morgan fingerprint density at radius 3 is 2.57 bits per heavy atom. The Hall–Kier alpha value is -2.96. The van der Waals surface area contributed by atoms with Crippen LogP contribution in [0.4, 0.5) is 8.78 Å². The summed E-state index contributed by atoms with van der Waals surface area (Å²) in [6.07, 6.45) is 1.13. The lowest BCUT2D eigenvalue weighted by atomic mass is 9.82. The fourth-order valence-electron chi connectivity index (χ4n) is 3.83. The number of halogens is 2. The van der Waals surface area contributed by atoms with Gasteiger partial charge in [-0.1, -0.05) is 0 Å². The van der Waals surface area contributed by atoms with Crippen molar-refractivity contribution in [3.05, 3.63) is 59.2 Å². The molecule has 1 fully saturated rings. The molecular weight excluding hydrogens is 368 g/mol. The quantitative estimate of drug-likeness (QED) is 0.790. The Morgan fingerprint density at radius 2 is 1.89 bits per heavy atom.